The molecule has 0 bridgehead atoms. The Kier molecular flexibility index (Phi) is 4.59. The van der Waals surface area contributed by atoms with Gasteiger partial charge in [0.05, 0.1) is 6.61 Å². The predicted molar refractivity (Wildman–Crippen MR) is 71.8 cm³/mol. The maximum atomic E-state index is 11.8. The van der Waals surface area contributed by atoms with Crippen LogP contribution in [0, 0.1) is 6.92 Å². The average molecular weight is 298 g/mol. The van der Waals surface area contributed by atoms with E-state index in [0.717, 1.165) is 0 Å². The third-order valence-electron chi connectivity index (χ3n) is 3.39. The molecule has 0 aliphatic carbocycles. The topological polar surface area (TPSA) is 111 Å². The van der Waals surface area contributed by atoms with Crippen LogP contribution in [0.5, 0.6) is 0 Å². The van der Waals surface area contributed by atoms with E-state index in [2.05, 4.69) is 4.98 Å². The number of aryl methyl sites for hydroxylation is 1. The first kappa shape index (κ1) is 15.5. The molecular formula is C13H18N2O6. The van der Waals surface area contributed by atoms with E-state index < -0.39 is 35.7 Å². The van der Waals surface area contributed by atoms with Crippen LogP contribution >= 0.6 is 0 Å². The molecule has 2 N–H and O–H groups in total. The fourth-order valence-corrected chi connectivity index (χ4v) is 2.21. The highest BCUT2D eigenvalue weighted by Crippen LogP contribution is 2.29. The minimum atomic E-state index is -0.695. The molecule has 1 aliphatic heterocycles. The molecule has 0 unspecified atom stereocenters. The zero-order valence-corrected chi connectivity index (χ0v) is 11.9. The molecule has 2 rings (SSSR count). The van der Waals surface area contributed by atoms with Crippen LogP contribution in [0.2, 0.25) is 0 Å². The van der Waals surface area contributed by atoms with Crippen LogP contribution in [0.3, 0.4) is 0 Å². The second-order valence-electron chi connectivity index (χ2n) is 4.91. The number of aliphatic hydroxyl groups is 1. The van der Waals surface area contributed by atoms with Crippen LogP contribution in [0.25, 0.3) is 0 Å². The van der Waals surface area contributed by atoms with Crippen LogP contribution in [0.15, 0.2) is 15.8 Å². The molecule has 3 atom stereocenters. The van der Waals surface area contributed by atoms with Crippen molar-refractivity contribution in [1.82, 2.24) is 9.55 Å². The minimum absolute atomic E-state index is 0.219. The highest BCUT2D eigenvalue weighted by atomic mass is 16.6. The molecule has 2 heterocycles. The predicted octanol–water partition coefficient (Wildman–Crippen LogP) is -0.553. The van der Waals surface area contributed by atoms with Crippen molar-refractivity contribution in [2.24, 2.45) is 0 Å². The van der Waals surface area contributed by atoms with E-state index in [1.807, 2.05) is 0 Å². The average Bonchev–Trinajstić information content (AvgIpc) is 2.85. The van der Waals surface area contributed by atoms with Crippen molar-refractivity contribution in [1.29, 1.82) is 0 Å². The monoisotopic (exact) mass is 298 g/mol. The standard InChI is InChI=1S/C13H18N2O6/c1-3-11(17)21-8-4-10(20-9(8)6-16)15-5-7(2)12(18)14-13(15)19/h5,8-10,16H,3-4,6H2,1-2H3,(H,14,18,19)/t8-,9+,10+/m0/s1. The lowest BCUT2D eigenvalue weighted by Gasteiger charge is -2.16. The molecule has 116 valence electrons. The van der Waals surface area contributed by atoms with Gasteiger partial charge in [0.25, 0.3) is 5.56 Å². The van der Waals surface area contributed by atoms with Crippen LogP contribution in [0.4, 0.5) is 0 Å². The van der Waals surface area contributed by atoms with Crippen molar-refractivity contribution in [2.45, 2.75) is 45.1 Å². The molecule has 0 radical (unpaired) electrons. The molecule has 21 heavy (non-hydrogen) atoms. The summed E-state index contributed by atoms with van der Waals surface area (Å²) < 4.78 is 12.0. The van der Waals surface area contributed by atoms with Crippen molar-refractivity contribution in [3.8, 4) is 0 Å². The molecule has 0 saturated carbocycles. The van der Waals surface area contributed by atoms with Crippen LogP contribution < -0.4 is 11.2 Å². The quantitative estimate of drug-likeness (QED) is 0.721. The van der Waals surface area contributed by atoms with Crippen LogP contribution in [0.1, 0.15) is 31.6 Å². The summed E-state index contributed by atoms with van der Waals surface area (Å²) in [6, 6.07) is 0. The Morgan fingerprint density at radius 2 is 2.29 bits per heavy atom. The molecule has 0 amide bonds. The van der Waals surface area contributed by atoms with E-state index in [1.165, 1.54) is 10.8 Å². The maximum absolute atomic E-state index is 11.8. The fraction of sp³-hybridized carbons (Fsp3) is 0.615. The summed E-state index contributed by atoms with van der Waals surface area (Å²) in [4.78, 5) is 36.7. The number of ether oxygens (including phenoxy) is 2. The third-order valence-corrected chi connectivity index (χ3v) is 3.39. The normalized spacial score (nSPS) is 25.0. The number of hydrogen-bond donors (Lipinski definition) is 2. The van der Waals surface area contributed by atoms with E-state index >= 15 is 0 Å². The van der Waals surface area contributed by atoms with E-state index in [9.17, 15) is 19.5 Å². The first-order chi connectivity index (χ1) is 9.96. The van der Waals surface area contributed by atoms with Gasteiger partial charge >= 0.3 is 11.7 Å². The third kappa shape index (κ3) is 3.22. The number of aromatic amines is 1. The summed E-state index contributed by atoms with van der Waals surface area (Å²) in [6.07, 6.45) is -0.153. The van der Waals surface area contributed by atoms with Gasteiger partial charge in [0.2, 0.25) is 0 Å². The summed E-state index contributed by atoms with van der Waals surface area (Å²) in [7, 11) is 0. The smallest absolute Gasteiger partial charge is 0.330 e. The van der Waals surface area contributed by atoms with Gasteiger partial charge in [-0.3, -0.25) is 19.1 Å². The molecule has 8 nitrogen and oxygen atoms in total. The summed E-state index contributed by atoms with van der Waals surface area (Å²) in [5, 5.41) is 9.29. The Morgan fingerprint density at radius 3 is 2.90 bits per heavy atom. The first-order valence-corrected chi connectivity index (χ1v) is 6.74. The number of aliphatic hydroxyl groups excluding tert-OH is 1. The van der Waals surface area contributed by atoms with Gasteiger partial charge < -0.3 is 14.6 Å². The number of carbonyl (C=O) groups is 1. The van der Waals surface area contributed by atoms with E-state index in [-0.39, 0.29) is 19.4 Å². The minimum Gasteiger partial charge on any atom is -0.459 e. The number of carbonyl (C=O) groups excluding carboxylic acids is 1. The lowest BCUT2D eigenvalue weighted by molar-refractivity contribution is -0.152. The molecule has 8 heteroatoms. The molecule has 1 saturated heterocycles. The van der Waals surface area contributed by atoms with Crippen LogP contribution in [-0.2, 0) is 14.3 Å². The van der Waals surface area contributed by atoms with Gasteiger partial charge in [-0.2, -0.15) is 0 Å². The van der Waals surface area contributed by atoms with Crippen molar-refractivity contribution < 1.29 is 19.4 Å². The molecule has 1 aromatic heterocycles. The SMILES string of the molecule is CCC(=O)O[C@H]1C[C@H](n2cc(C)c(=O)[nH]c2=O)O[C@@H]1CO. The van der Waals surface area contributed by atoms with E-state index in [0.29, 0.717) is 5.56 Å². The number of hydrogen-bond acceptors (Lipinski definition) is 6. The zero-order valence-electron chi connectivity index (χ0n) is 11.9. The zero-order chi connectivity index (χ0) is 15.6. The Balaban J connectivity index is 2.23. The highest BCUT2D eigenvalue weighted by molar-refractivity contribution is 5.69. The number of nitrogens with zero attached hydrogens (tertiary/aromatic N) is 1. The maximum Gasteiger partial charge on any atom is 0.330 e. The Hall–Kier alpha value is -1.93. The molecular weight excluding hydrogens is 280 g/mol. The van der Waals surface area contributed by atoms with Gasteiger partial charge in [-0.15, -0.1) is 0 Å². The Bertz CT molecular complexity index is 634. The summed E-state index contributed by atoms with van der Waals surface area (Å²) >= 11 is 0. The number of H-pyrrole nitrogens is 1. The summed E-state index contributed by atoms with van der Waals surface area (Å²) in [5.74, 6) is -0.396. The number of nitrogens with one attached hydrogen (secondary N) is 1. The lowest BCUT2D eigenvalue weighted by atomic mass is 10.2. The van der Waals surface area contributed by atoms with Gasteiger partial charge in [-0.05, 0) is 6.92 Å². The fourth-order valence-electron chi connectivity index (χ4n) is 2.21. The molecule has 0 spiro atoms. The Morgan fingerprint density at radius 1 is 1.57 bits per heavy atom. The molecule has 0 aromatic carbocycles. The lowest BCUT2D eigenvalue weighted by Crippen LogP contribution is -2.33. The number of rotatable bonds is 4. The second kappa shape index (κ2) is 6.23. The van der Waals surface area contributed by atoms with Crippen molar-refractivity contribution in [3.63, 3.8) is 0 Å². The largest absolute Gasteiger partial charge is 0.459 e. The van der Waals surface area contributed by atoms with Gasteiger partial charge in [0.1, 0.15) is 18.4 Å². The van der Waals surface area contributed by atoms with Gasteiger partial charge in [-0.25, -0.2) is 4.79 Å². The Labute approximate surface area is 120 Å². The van der Waals surface area contributed by atoms with Gasteiger partial charge in [0, 0.05) is 24.6 Å². The van der Waals surface area contributed by atoms with Crippen molar-refractivity contribution >= 4 is 5.97 Å². The summed E-state index contributed by atoms with van der Waals surface area (Å²) in [6.45, 7) is 2.91. The summed E-state index contributed by atoms with van der Waals surface area (Å²) in [5.41, 5.74) is -0.690. The number of esters is 1. The van der Waals surface area contributed by atoms with E-state index in [1.54, 1.807) is 13.8 Å². The van der Waals surface area contributed by atoms with Gasteiger partial charge in [-0.1, -0.05) is 6.92 Å². The first-order valence-electron chi connectivity index (χ1n) is 6.74. The molecule has 1 aliphatic rings. The van der Waals surface area contributed by atoms with Gasteiger partial charge in [0.15, 0.2) is 0 Å². The molecule has 1 fully saturated rings. The number of aromatic nitrogens is 2. The molecule has 1 aromatic rings. The highest BCUT2D eigenvalue weighted by Gasteiger charge is 2.38. The van der Waals surface area contributed by atoms with E-state index in [4.69, 9.17) is 9.47 Å². The van der Waals surface area contributed by atoms with Crippen LogP contribution in [-0.4, -0.2) is 39.4 Å². The van der Waals surface area contributed by atoms with Crippen molar-refractivity contribution in [3.05, 3.63) is 32.6 Å². The second-order valence-corrected chi connectivity index (χ2v) is 4.91. The van der Waals surface area contributed by atoms with Crippen molar-refractivity contribution in [2.75, 3.05) is 6.61 Å².